The number of rotatable bonds is 2. The van der Waals surface area contributed by atoms with Gasteiger partial charge < -0.3 is 5.23 Å². The van der Waals surface area contributed by atoms with Gasteiger partial charge in [0.05, 0.1) is 12.5 Å². The van der Waals surface area contributed by atoms with Crippen molar-refractivity contribution in [1.29, 1.82) is 0 Å². The van der Waals surface area contributed by atoms with Crippen molar-refractivity contribution in [2.75, 3.05) is 7.05 Å². The maximum atomic E-state index is 11.3. The highest BCUT2D eigenvalue weighted by atomic mass is 127. The van der Waals surface area contributed by atoms with E-state index in [9.17, 15) is 9.59 Å². The fourth-order valence-corrected chi connectivity index (χ4v) is 1.74. The molecule has 0 bridgehead atoms. The van der Waals surface area contributed by atoms with Gasteiger partial charge >= 0.3 is 4.42 Å². The van der Waals surface area contributed by atoms with Crippen LogP contribution in [0.25, 0.3) is 0 Å². The van der Waals surface area contributed by atoms with Crippen molar-refractivity contribution in [1.82, 2.24) is 10.1 Å². The van der Waals surface area contributed by atoms with Gasteiger partial charge in [0.1, 0.15) is 0 Å². The van der Waals surface area contributed by atoms with Crippen LogP contribution in [0.5, 0.6) is 0 Å². The monoisotopic (exact) mass is 298 g/mol. The summed E-state index contributed by atoms with van der Waals surface area (Å²) in [4.78, 5) is 23.5. The van der Waals surface area contributed by atoms with Crippen LogP contribution in [-0.4, -0.2) is 34.2 Å². The van der Waals surface area contributed by atoms with Gasteiger partial charge in [-0.3, -0.25) is 14.5 Å². The number of carbonyl (C=O) groups excluding carboxylic acids is 2. The largest absolute Gasteiger partial charge is 0.332 e. The SMILES string of the molecule is CN1C(=O)CC(NB(P)I)C1=O. The first-order valence-corrected chi connectivity index (χ1v) is 5.39. The van der Waals surface area contributed by atoms with Crippen LogP contribution in [0.3, 0.4) is 0 Å². The molecular weight excluding hydrogens is 289 g/mol. The average Bonchev–Trinajstić information content (AvgIpc) is 2.17. The maximum absolute atomic E-state index is 11.3. The molecule has 0 aromatic rings. The predicted molar refractivity (Wildman–Crippen MR) is 58.8 cm³/mol. The third kappa shape index (κ3) is 2.17. The molecule has 0 spiro atoms. The molecule has 2 amide bonds. The number of nitrogens with one attached hydrogen (secondary N) is 1. The van der Waals surface area contributed by atoms with Crippen LogP contribution >= 0.6 is 31.5 Å². The van der Waals surface area contributed by atoms with E-state index in [0.29, 0.717) is 0 Å². The lowest BCUT2D eigenvalue weighted by molar-refractivity contribution is -0.137. The number of hydrogen-bond donors (Lipinski definition) is 1. The van der Waals surface area contributed by atoms with E-state index in [1.54, 1.807) is 0 Å². The predicted octanol–water partition coefficient (Wildman–Crippen LogP) is -0.372. The molecule has 4 nitrogen and oxygen atoms in total. The van der Waals surface area contributed by atoms with Crippen LogP contribution in [0.4, 0.5) is 0 Å². The zero-order valence-electron chi connectivity index (χ0n) is 6.58. The molecule has 66 valence electrons. The second kappa shape index (κ2) is 4.02. The molecule has 0 saturated carbocycles. The number of likely N-dealkylation sites (N-methyl/N-ethyl adjacent to an activating group) is 1. The average molecular weight is 298 g/mol. The van der Waals surface area contributed by atoms with Gasteiger partial charge in [0.15, 0.2) is 0 Å². The number of imide groups is 1. The van der Waals surface area contributed by atoms with E-state index < -0.39 is 0 Å². The molecule has 1 aliphatic heterocycles. The number of hydrogen-bond acceptors (Lipinski definition) is 3. The van der Waals surface area contributed by atoms with Crippen LogP contribution < -0.4 is 5.23 Å². The highest BCUT2D eigenvalue weighted by Crippen LogP contribution is 2.12. The number of amides is 2. The minimum absolute atomic E-state index is 0.112. The van der Waals surface area contributed by atoms with Crippen LogP contribution in [0.15, 0.2) is 0 Å². The molecule has 1 heterocycles. The fourth-order valence-electron chi connectivity index (χ4n) is 1.08. The minimum Gasteiger partial charge on any atom is -0.332 e. The highest BCUT2D eigenvalue weighted by Gasteiger charge is 2.36. The van der Waals surface area contributed by atoms with Gasteiger partial charge in [-0.2, -0.15) is 0 Å². The highest BCUT2D eigenvalue weighted by molar-refractivity contribution is 14.1. The molecule has 0 aromatic heterocycles. The third-order valence-electron chi connectivity index (χ3n) is 1.74. The number of likely N-dealkylation sites (tertiary alicyclic amines) is 1. The van der Waals surface area contributed by atoms with Crippen LogP contribution in [0.2, 0.25) is 0 Å². The lowest BCUT2D eigenvalue weighted by Gasteiger charge is -2.10. The lowest BCUT2D eigenvalue weighted by Crippen LogP contribution is -2.40. The Labute approximate surface area is 87.0 Å². The Morgan fingerprint density at radius 2 is 2.33 bits per heavy atom. The Balaban J connectivity index is 2.59. The molecule has 12 heavy (non-hydrogen) atoms. The summed E-state index contributed by atoms with van der Waals surface area (Å²) in [6.45, 7) is 0. The number of nitrogens with zero attached hydrogens (tertiary/aromatic N) is 1. The van der Waals surface area contributed by atoms with Gasteiger partial charge in [-0.25, -0.2) is 0 Å². The number of halogens is 1. The summed E-state index contributed by atoms with van der Waals surface area (Å²) < 4.78 is 0.121. The van der Waals surface area contributed by atoms with E-state index in [1.807, 2.05) is 0 Å². The number of carbonyl (C=O) groups is 2. The Bertz CT molecular complexity index is 225. The van der Waals surface area contributed by atoms with E-state index in [1.165, 1.54) is 11.9 Å². The van der Waals surface area contributed by atoms with Gasteiger partial charge in [-0.15, -0.1) is 31.5 Å². The molecule has 1 saturated heterocycles. The molecule has 1 fully saturated rings. The van der Waals surface area contributed by atoms with Crippen molar-refractivity contribution in [3.8, 4) is 0 Å². The second-order valence-electron chi connectivity index (χ2n) is 2.62. The summed E-state index contributed by atoms with van der Waals surface area (Å²) in [5, 5.41) is 2.99. The molecule has 2 unspecified atom stereocenters. The normalized spacial score (nSPS) is 23.6. The maximum Gasteiger partial charge on any atom is 0.317 e. The molecule has 1 aliphatic rings. The van der Waals surface area contributed by atoms with Crippen molar-refractivity contribution < 1.29 is 9.59 Å². The van der Waals surface area contributed by atoms with Gasteiger partial charge in [0.25, 0.3) is 0 Å². The first kappa shape index (κ1) is 10.4. The first-order chi connectivity index (χ1) is 5.52. The van der Waals surface area contributed by atoms with E-state index in [0.717, 1.165) is 0 Å². The van der Waals surface area contributed by atoms with Crippen molar-refractivity contribution in [3.05, 3.63) is 0 Å². The van der Waals surface area contributed by atoms with Crippen LogP contribution in [-0.2, 0) is 9.59 Å². The molecule has 1 N–H and O–H groups in total. The molecule has 0 aliphatic carbocycles. The van der Waals surface area contributed by atoms with Gasteiger partial charge in [0.2, 0.25) is 11.8 Å². The summed E-state index contributed by atoms with van der Waals surface area (Å²) in [6.07, 6.45) is 0.281. The Hall–Kier alpha value is 0.325. The van der Waals surface area contributed by atoms with Crippen molar-refractivity contribution >= 4 is 47.7 Å². The van der Waals surface area contributed by atoms with E-state index in [4.69, 9.17) is 0 Å². The fraction of sp³-hybridized carbons (Fsp3) is 0.600. The zero-order valence-corrected chi connectivity index (χ0v) is 9.89. The molecule has 2 atom stereocenters. The summed E-state index contributed by atoms with van der Waals surface area (Å²) in [5.41, 5.74) is 0. The third-order valence-corrected chi connectivity index (χ3v) is 2.29. The van der Waals surface area contributed by atoms with Crippen LogP contribution in [0, 0.1) is 0 Å². The van der Waals surface area contributed by atoms with Gasteiger partial charge in [0, 0.05) is 7.05 Å². The minimum atomic E-state index is -0.332. The molecule has 7 heteroatoms. The van der Waals surface area contributed by atoms with E-state index >= 15 is 0 Å². The smallest absolute Gasteiger partial charge is 0.317 e. The molecule has 0 aromatic carbocycles. The Kier molecular flexibility index (Phi) is 3.49. The van der Waals surface area contributed by atoms with E-state index in [-0.39, 0.29) is 28.7 Å². The molecule has 1 rings (SSSR count). The summed E-state index contributed by atoms with van der Waals surface area (Å²) in [6, 6.07) is -0.332. The Morgan fingerprint density at radius 3 is 2.67 bits per heavy atom. The summed E-state index contributed by atoms with van der Waals surface area (Å²) in [5.74, 6) is -0.247. The van der Waals surface area contributed by atoms with Crippen molar-refractivity contribution in [2.45, 2.75) is 12.5 Å². The molecular formula is C5H9BIN2O2P. The van der Waals surface area contributed by atoms with Crippen molar-refractivity contribution in [3.63, 3.8) is 0 Å². The Morgan fingerprint density at radius 1 is 1.75 bits per heavy atom. The summed E-state index contributed by atoms with van der Waals surface area (Å²) >= 11 is 2.13. The second-order valence-corrected chi connectivity index (χ2v) is 5.98. The van der Waals surface area contributed by atoms with E-state index in [2.05, 4.69) is 36.7 Å². The first-order valence-electron chi connectivity index (χ1n) is 3.48. The summed E-state index contributed by atoms with van der Waals surface area (Å²) in [7, 11) is 4.03. The zero-order chi connectivity index (χ0) is 9.30. The topological polar surface area (TPSA) is 49.4 Å². The van der Waals surface area contributed by atoms with Gasteiger partial charge in [-0.05, 0) is 0 Å². The quantitative estimate of drug-likeness (QED) is 0.327. The van der Waals surface area contributed by atoms with Gasteiger partial charge in [-0.1, -0.05) is 0 Å². The standard InChI is InChI=1S/C5H9BIN2O2P/c1-9-4(10)2-3(5(9)11)8-6(7)12/h3,8H,2,12H2,1H3. The molecule has 0 radical (unpaired) electrons. The van der Waals surface area contributed by atoms with Crippen molar-refractivity contribution in [2.24, 2.45) is 0 Å². The van der Waals surface area contributed by atoms with Crippen LogP contribution in [0.1, 0.15) is 6.42 Å². The lowest BCUT2D eigenvalue weighted by atomic mass is 10.2.